The molecule has 134 valence electrons. The molecule has 2 aromatic heterocycles. The standard InChI is InChI=1S/C17H22N4O2S2/c1-4-9(2)18-17(23)21-13(22)8-24-15-14-11-6-5-7-12(11)25-16(14)20-10(3)19-15/h9H,4-8H2,1-3H3,(H2,18,21,22,23)/t9-/m1/s1. The van der Waals surface area contributed by atoms with E-state index in [1.807, 2.05) is 20.8 Å². The lowest BCUT2D eigenvalue weighted by Gasteiger charge is -2.11. The number of rotatable bonds is 5. The predicted octanol–water partition coefficient (Wildman–Crippen LogP) is 3.20. The summed E-state index contributed by atoms with van der Waals surface area (Å²) < 4.78 is 0. The highest BCUT2D eigenvalue weighted by atomic mass is 32.2. The number of hydrogen-bond acceptors (Lipinski definition) is 6. The van der Waals surface area contributed by atoms with Gasteiger partial charge in [-0.1, -0.05) is 18.7 Å². The molecule has 0 spiro atoms. The fourth-order valence-electron chi connectivity index (χ4n) is 2.83. The molecule has 3 rings (SSSR count). The third kappa shape index (κ3) is 4.12. The molecule has 8 heteroatoms. The Kier molecular flexibility index (Phi) is 5.58. The number of imide groups is 1. The highest BCUT2D eigenvalue weighted by molar-refractivity contribution is 8.00. The van der Waals surface area contributed by atoms with Crippen LogP contribution < -0.4 is 10.6 Å². The SMILES string of the molecule is CC[C@@H](C)NC(=O)NC(=O)CSc1nc(C)nc2sc3c(c12)CCC3. The highest BCUT2D eigenvalue weighted by Crippen LogP contribution is 2.40. The average Bonchev–Trinajstić information content (AvgIpc) is 3.12. The number of nitrogens with one attached hydrogen (secondary N) is 2. The quantitative estimate of drug-likeness (QED) is 0.616. The number of aryl methyl sites for hydroxylation is 3. The molecule has 0 bridgehead atoms. The van der Waals surface area contributed by atoms with Gasteiger partial charge in [-0.2, -0.15) is 0 Å². The first-order valence-corrected chi connectivity index (χ1v) is 10.3. The molecule has 1 atom stereocenters. The molecule has 0 saturated heterocycles. The molecule has 25 heavy (non-hydrogen) atoms. The molecule has 3 amide bonds. The molecule has 1 aliphatic carbocycles. The number of fused-ring (bicyclic) bond motifs is 3. The number of amides is 3. The Morgan fingerprint density at radius 2 is 2.12 bits per heavy atom. The molecule has 2 aromatic rings. The van der Waals surface area contributed by atoms with Crippen molar-refractivity contribution in [2.24, 2.45) is 0 Å². The second-order valence-corrected chi connectivity index (χ2v) is 8.28. The third-order valence-electron chi connectivity index (χ3n) is 4.23. The van der Waals surface area contributed by atoms with Crippen LogP contribution in [0.5, 0.6) is 0 Å². The zero-order valence-electron chi connectivity index (χ0n) is 14.6. The van der Waals surface area contributed by atoms with Crippen molar-refractivity contribution in [2.45, 2.75) is 57.5 Å². The molecular weight excluding hydrogens is 356 g/mol. The summed E-state index contributed by atoms with van der Waals surface area (Å²) in [6, 6.07) is -0.404. The number of urea groups is 1. The minimum absolute atomic E-state index is 0.0398. The lowest BCUT2D eigenvalue weighted by Crippen LogP contribution is -2.43. The largest absolute Gasteiger partial charge is 0.335 e. The molecular formula is C17H22N4O2S2. The Bertz CT molecular complexity index is 819. The molecule has 2 heterocycles. The maximum absolute atomic E-state index is 12.1. The number of carbonyl (C=O) groups is 2. The van der Waals surface area contributed by atoms with Gasteiger partial charge in [0.2, 0.25) is 5.91 Å². The van der Waals surface area contributed by atoms with Gasteiger partial charge >= 0.3 is 6.03 Å². The molecule has 0 aromatic carbocycles. The average molecular weight is 379 g/mol. The van der Waals surface area contributed by atoms with Gasteiger partial charge in [0.15, 0.2) is 0 Å². The van der Waals surface area contributed by atoms with E-state index in [-0.39, 0.29) is 17.7 Å². The van der Waals surface area contributed by atoms with Gasteiger partial charge in [0.1, 0.15) is 15.7 Å². The van der Waals surface area contributed by atoms with E-state index in [2.05, 4.69) is 20.6 Å². The van der Waals surface area contributed by atoms with Gasteiger partial charge in [-0.25, -0.2) is 14.8 Å². The summed E-state index contributed by atoms with van der Waals surface area (Å²) in [5, 5.41) is 7.05. The van der Waals surface area contributed by atoms with Crippen molar-refractivity contribution in [1.82, 2.24) is 20.6 Å². The Morgan fingerprint density at radius 1 is 1.32 bits per heavy atom. The van der Waals surface area contributed by atoms with Gasteiger partial charge in [0.05, 0.1) is 5.75 Å². The number of hydrogen-bond donors (Lipinski definition) is 2. The predicted molar refractivity (Wildman–Crippen MR) is 101 cm³/mol. The van der Waals surface area contributed by atoms with E-state index in [4.69, 9.17) is 0 Å². The van der Waals surface area contributed by atoms with Crippen molar-refractivity contribution >= 4 is 45.3 Å². The number of carbonyl (C=O) groups excluding carboxylic acids is 2. The second-order valence-electron chi connectivity index (χ2n) is 6.23. The fraction of sp³-hybridized carbons (Fsp3) is 0.529. The molecule has 2 N–H and O–H groups in total. The molecule has 0 radical (unpaired) electrons. The van der Waals surface area contributed by atoms with Crippen LogP contribution in [0, 0.1) is 6.92 Å². The number of thiophene rings is 1. The lowest BCUT2D eigenvalue weighted by atomic mass is 10.2. The second kappa shape index (κ2) is 7.70. The minimum atomic E-state index is -0.444. The Labute approximate surface area is 155 Å². The monoisotopic (exact) mass is 378 g/mol. The Hall–Kier alpha value is -1.67. The van der Waals surface area contributed by atoms with Crippen LogP contribution >= 0.6 is 23.1 Å². The zero-order valence-corrected chi connectivity index (χ0v) is 16.3. The van der Waals surface area contributed by atoms with Crippen LogP contribution in [0.1, 0.15) is 43.0 Å². The third-order valence-corrected chi connectivity index (χ3v) is 6.39. The normalized spacial score (nSPS) is 14.4. The molecule has 1 aliphatic rings. The fourth-order valence-corrected chi connectivity index (χ4v) is 5.10. The number of nitrogens with zero attached hydrogens (tertiary/aromatic N) is 2. The van der Waals surface area contributed by atoms with E-state index in [1.54, 1.807) is 11.3 Å². The van der Waals surface area contributed by atoms with Gasteiger partial charge in [0, 0.05) is 16.3 Å². The van der Waals surface area contributed by atoms with E-state index < -0.39 is 6.03 Å². The van der Waals surface area contributed by atoms with Crippen molar-refractivity contribution < 1.29 is 9.59 Å². The van der Waals surface area contributed by atoms with Crippen molar-refractivity contribution in [3.8, 4) is 0 Å². The summed E-state index contributed by atoms with van der Waals surface area (Å²) in [5.41, 5.74) is 1.34. The highest BCUT2D eigenvalue weighted by Gasteiger charge is 2.22. The van der Waals surface area contributed by atoms with E-state index in [1.165, 1.54) is 28.6 Å². The van der Waals surface area contributed by atoms with Gasteiger partial charge in [-0.15, -0.1) is 11.3 Å². The smallest absolute Gasteiger partial charge is 0.321 e. The lowest BCUT2D eigenvalue weighted by molar-refractivity contribution is -0.117. The van der Waals surface area contributed by atoms with Crippen molar-refractivity contribution in [1.29, 1.82) is 0 Å². The summed E-state index contributed by atoms with van der Waals surface area (Å²) in [5.74, 6) is 0.552. The van der Waals surface area contributed by atoms with Gasteiger partial charge in [-0.05, 0) is 45.1 Å². The Morgan fingerprint density at radius 3 is 2.88 bits per heavy atom. The zero-order chi connectivity index (χ0) is 18.0. The topological polar surface area (TPSA) is 84.0 Å². The van der Waals surface area contributed by atoms with Gasteiger partial charge in [0.25, 0.3) is 0 Å². The summed E-state index contributed by atoms with van der Waals surface area (Å²) in [6.45, 7) is 5.74. The van der Waals surface area contributed by atoms with Crippen LogP contribution in [-0.2, 0) is 17.6 Å². The summed E-state index contributed by atoms with van der Waals surface area (Å²) in [6.07, 6.45) is 4.15. The van der Waals surface area contributed by atoms with Crippen LogP contribution in [0.2, 0.25) is 0 Å². The van der Waals surface area contributed by atoms with E-state index >= 15 is 0 Å². The van der Waals surface area contributed by atoms with Gasteiger partial charge < -0.3 is 5.32 Å². The first-order valence-electron chi connectivity index (χ1n) is 8.50. The summed E-state index contributed by atoms with van der Waals surface area (Å²) in [7, 11) is 0. The maximum atomic E-state index is 12.1. The van der Waals surface area contributed by atoms with Crippen LogP contribution in [0.15, 0.2) is 5.03 Å². The maximum Gasteiger partial charge on any atom is 0.321 e. The van der Waals surface area contributed by atoms with Crippen molar-refractivity contribution in [2.75, 3.05) is 5.75 Å². The van der Waals surface area contributed by atoms with E-state index in [0.717, 1.165) is 34.5 Å². The van der Waals surface area contributed by atoms with Crippen molar-refractivity contribution in [3.05, 3.63) is 16.3 Å². The molecule has 0 aliphatic heterocycles. The van der Waals surface area contributed by atoms with Crippen LogP contribution in [0.4, 0.5) is 4.79 Å². The minimum Gasteiger partial charge on any atom is -0.335 e. The molecule has 0 unspecified atom stereocenters. The molecule has 0 saturated carbocycles. The molecule has 6 nitrogen and oxygen atoms in total. The van der Waals surface area contributed by atoms with Crippen LogP contribution in [0.3, 0.4) is 0 Å². The van der Waals surface area contributed by atoms with E-state index in [0.29, 0.717) is 5.82 Å². The van der Waals surface area contributed by atoms with Crippen molar-refractivity contribution in [3.63, 3.8) is 0 Å². The Balaban J connectivity index is 1.69. The first-order chi connectivity index (χ1) is 12.0. The van der Waals surface area contributed by atoms with E-state index in [9.17, 15) is 9.59 Å². The molecule has 0 fully saturated rings. The number of thioether (sulfide) groups is 1. The summed E-state index contributed by atoms with van der Waals surface area (Å²) in [4.78, 5) is 35.3. The number of aromatic nitrogens is 2. The summed E-state index contributed by atoms with van der Waals surface area (Å²) >= 11 is 3.11. The first kappa shape index (κ1) is 18.1. The van der Waals surface area contributed by atoms with Gasteiger partial charge in [-0.3, -0.25) is 10.1 Å². The van der Waals surface area contributed by atoms with Crippen LogP contribution in [0.25, 0.3) is 10.2 Å². The van der Waals surface area contributed by atoms with Crippen LogP contribution in [-0.4, -0.2) is 33.7 Å².